The van der Waals surface area contributed by atoms with E-state index in [0.717, 1.165) is 33.6 Å². The van der Waals surface area contributed by atoms with Gasteiger partial charge in [-0.3, -0.25) is 4.79 Å². The molecule has 1 N–H and O–H groups in total. The lowest BCUT2D eigenvalue weighted by Crippen LogP contribution is -2.22. The molecule has 160 valence electrons. The van der Waals surface area contributed by atoms with Gasteiger partial charge in [-0.1, -0.05) is 90.5 Å². The summed E-state index contributed by atoms with van der Waals surface area (Å²) in [7, 11) is 0. The van der Waals surface area contributed by atoms with Gasteiger partial charge < -0.3 is 5.32 Å². The van der Waals surface area contributed by atoms with Gasteiger partial charge >= 0.3 is 0 Å². The van der Waals surface area contributed by atoms with Crippen molar-refractivity contribution in [1.82, 2.24) is 15.3 Å². The quantitative estimate of drug-likeness (QED) is 0.331. The Bertz CT molecular complexity index is 1440. The number of halogens is 1. The maximum Gasteiger partial charge on any atom is 0.251 e. The van der Waals surface area contributed by atoms with Gasteiger partial charge in [0.05, 0.1) is 22.4 Å². The highest BCUT2D eigenvalue weighted by atomic mass is 35.5. The van der Waals surface area contributed by atoms with Crippen molar-refractivity contribution >= 4 is 28.5 Å². The van der Waals surface area contributed by atoms with Crippen molar-refractivity contribution in [3.63, 3.8) is 0 Å². The van der Waals surface area contributed by atoms with E-state index in [1.165, 1.54) is 0 Å². The van der Waals surface area contributed by atoms with Gasteiger partial charge in [-0.2, -0.15) is 0 Å². The van der Waals surface area contributed by atoms with Crippen LogP contribution < -0.4 is 5.32 Å². The van der Waals surface area contributed by atoms with Crippen LogP contribution in [0.25, 0.3) is 33.5 Å². The first-order valence-corrected chi connectivity index (χ1v) is 11.0. The summed E-state index contributed by atoms with van der Waals surface area (Å²) in [5.41, 5.74) is 6.34. The number of carbonyl (C=O) groups excluding carboxylic acids is 1. The maximum absolute atomic E-state index is 12.8. The van der Waals surface area contributed by atoms with Gasteiger partial charge in [-0.05, 0) is 29.8 Å². The molecule has 1 aromatic heterocycles. The lowest BCUT2D eigenvalue weighted by atomic mass is 10.0. The van der Waals surface area contributed by atoms with Crippen molar-refractivity contribution in [3.05, 3.63) is 119 Å². The third-order valence-corrected chi connectivity index (χ3v) is 5.79. The Morgan fingerprint density at radius 2 is 1.27 bits per heavy atom. The largest absolute Gasteiger partial charge is 0.348 e. The Kier molecular flexibility index (Phi) is 5.83. The van der Waals surface area contributed by atoms with Crippen molar-refractivity contribution in [2.24, 2.45) is 0 Å². The molecule has 0 aliphatic carbocycles. The molecule has 5 aromatic rings. The highest BCUT2D eigenvalue weighted by Gasteiger charge is 2.15. The van der Waals surface area contributed by atoms with Crippen LogP contribution in [0.5, 0.6) is 0 Å². The molecule has 0 fully saturated rings. The van der Waals surface area contributed by atoms with Crippen molar-refractivity contribution in [2.45, 2.75) is 6.54 Å². The van der Waals surface area contributed by atoms with Crippen LogP contribution in [0.2, 0.25) is 5.02 Å². The number of hydrogen-bond acceptors (Lipinski definition) is 3. The lowest BCUT2D eigenvalue weighted by molar-refractivity contribution is 0.0951. The van der Waals surface area contributed by atoms with Gasteiger partial charge in [-0.25, -0.2) is 9.97 Å². The summed E-state index contributed by atoms with van der Waals surface area (Å²) in [6.45, 7) is 0.352. The molecule has 4 nitrogen and oxygen atoms in total. The summed E-state index contributed by atoms with van der Waals surface area (Å²) in [5.74, 6) is -0.188. The van der Waals surface area contributed by atoms with Crippen LogP contribution in [0.15, 0.2) is 103 Å². The van der Waals surface area contributed by atoms with Crippen LogP contribution in [0.4, 0.5) is 0 Å². The fraction of sp³-hybridized carbons (Fsp3) is 0.0357. The van der Waals surface area contributed by atoms with E-state index in [1.54, 1.807) is 12.1 Å². The van der Waals surface area contributed by atoms with Crippen molar-refractivity contribution in [2.75, 3.05) is 0 Å². The van der Waals surface area contributed by atoms with Crippen LogP contribution >= 0.6 is 11.6 Å². The molecule has 0 spiro atoms. The first kappa shape index (κ1) is 20.9. The molecule has 4 aromatic carbocycles. The van der Waals surface area contributed by atoms with Crippen LogP contribution in [-0.2, 0) is 6.54 Å². The predicted octanol–water partition coefficient (Wildman–Crippen LogP) is 6.55. The molecular weight excluding hydrogens is 430 g/mol. The van der Waals surface area contributed by atoms with E-state index >= 15 is 0 Å². The molecule has 0 unspecified atom stereocenters. The molecule has 0 saturated heterocycles. The highest BCUT2D eigenvalue weighted by Crippen LogP contribution is 2.31. The zero-order valence-corrected chi connectivity index (χ0v) is 18.5. The molecule has 5 rings (SSSR count). The zero-order valence-electron chi connectivity index (χ0n) is 17.7. The summed E-state index contributed by atoms with van der Waals surface area (Å²) in [6, 6.07) is 32.8. The molecule has 0 saturated carbocycles. The topological polar surface area (TPSA) is 54.9 Å². The number of benzene rings is 4. The number of hydrogen-bond donors (Lipinski definition) is 1. The Labute approximate surface area is 196 Å². The van der Waals surface area contributed by atoms with E-state index in [9.17, 15) is 4.79 Å². The molecule has 0 aliphatic rings. The molecule has 1 heterocycles. The summed E-state index contributed by atoms with van der Waals surface area (Å²) in [4.78, 5) is 22.7. The van der Waals surface area contributed by atoms with Gasteiger partial charge in [0.1, 0.15) is 0 Å². The molecule has 1 amide bonds. The van der Waals surface area contributed by atoms with Gasteiger partial charge in [0.2, 0.25) is 0 Å². The molecule has 0 aliphatic heterocycles. The van der Waals surface area contributed by atoms with Crippen LogP contribution in [0.3, 0.4) is 0 Å². The van der Waals surface area contributed by atoms with Crippen LogP contribution in [0, 0.1) is 0 Å². The van der Waals surface area contributed by atoms with E-state index in [0.29, 0.717) is 22.6 Å². The second-order valence-corrected chi connectivity index (χ2v) is 8.04. The minimum atomic E-state index is -0.188. The van der Waals surface area contributed by atoms with Gasteiger partial charge in [0.25, 0.3) is 5.91 Å². The third-order valence-electron chi connectivity index (χ3n) is 5.42. The molecule has 33 heavy (non-hydrogen) atoms. The minimum absolute atomic E-state index is 0.188. The summed E-state index contributed by atoms with van der Waals surface area (Å²) in [5, 5.41) is 3.56. The van der Waals surface area contributed by atoms with Crippen LogP contribution in [-0.4, -0.2) is 15.9 Å². The van der Waals surface area contributed by atoms with Crippen molar-refractivity contribution in [3.8, 4) is 22.5 Å². The normalized spacial score (nSPS) is 10.8. The van der Waals surface area contributed by atoms with E-state index in [-0.39, 0.29) is 5.91 Å². The average Bonchev–Trinajstić information content (AvgIpc) is 2.88. The lowest BCUT2D eigenvalue weighted by Gasteiger charge is -2.12. The number of nitrogens with zero attached hydrogens (tertiary/aromatic N) is 2. The van der Waals surface area contributed by atoms with E-state index < -0.39 is 0 Å². The Morgan fingerprint density at radius 3 is 1.91 bits per heavy atom. The smallest absolute Gasteiger partial charge is 0.251 e. The van der Waals surface area contributed by atoms with Crippen LogP contribution in [0.1, 0.15) is 15.9 Å². The second-order valence-electron chi connectivity index (χ2n) is 7.63. The molecule has 5 heteroatoms. The van der Waals surface area contributed by atoms with Crippen molar-refractivity contribution < 1.29 is 4.79 Å². The third kappa shape index (κ3) is 4.47. The van der Waals surface area contributed by atoms with Gasteiger partial charge in [0, 0.05) is 28.3 Å². The number of nitrogens with one attached hydrogen (secondary N) is 1. The fourth-order valence-electron chi connectivity index (χ4n) is 3.71. The summed E-state index contributed by atoms with van der Waals surface area (Å²) >= 11 is 6.20. The number of carbonyl (C=O) groups is 1. The first-order chi connectivity index (χ1) is 16.2. The van der Waals surface area contributed by atoms with Gasteiger partial charge in [-0.15, -0.1) is 0 Å². The number of rotatable bonds is 5. The Balaban J connectivity index is 1.53. The average molecular weight is 450 g/mol. The maximum atomic E-state index is 12.8. The van der Waals surface area contributed by atoms with E-state index in [2.05, 4.69) is 5.32 Å². The number of aromatic nitrogens is 2. The molecule has 0 atom stereocenters. The standard InChI is InChI=1S/C28H20ClN3O/c29-23-14-8-7-13-22(23)18-30-28(33)21-15-16-24-25(17-21)32-27(20-11-5-2-6-12-20)26(31-24)19-9-3-1-4-10-19/h1-17H,18H2,(H,30,33). The SMILES string of the molecule is O=C(NCc1ccccc1Cl)c1ccc2nc(-c3ccccc3)c(-c3ccccc3)nc2c1. The number of amides is 1. The van der Waals surface area contributed by atoms with Crippen molar-refractivity contribution in [1.29, 1.82) is 0 Å². The van der Waals surface area contributed by atoms with E-state index in [1.807, 2.05) is 91.0 Å². The minimum Gasteiger partial charge on any atom is -0.348 e. The Hall–Kier alpha value is -4.02. The molecule has 0 radical (unpaired) electrons. The molecular formula is C28H20ClN3O. The molecule has 0 bridgehead atoms. The second kappa shape index (κ2) is 9.23. The first-order valence-electron chi connectivity index (χ1n) is 10.6. The van der Waals surface area contributed by atoms with E-state index in [4.69, 9.17) is 21.6 Å². The Morgan fingerprint density at radius 1 is 0.697 bits per heavy atom. The predicted molar refractivity (Wildman–Crippen MR) is 133 cm³/mol. The monoisotopic (exact) mass is 449 g/mol. The fourth-order valence-corrected chi connectivity index (χ4v) is 3.91. The summed E-state index contributed by atoms with van der Waals surface area (Å²) in [6.07, 6.45) is 0. The summed E-state index contributed by atoms with van der Waals surface area (Å²) < 4.78 is 0. The zero-order chi connectivity index (χ0) is 22.6. The van der Waals surface area contributed by atoms with Gasteiger partial charge in [0.15, 0.2) is 0 Å². The number of fused-ring (bicyclic) bond motifs is 1. The highest BCUT2D eigenvalue weighted by molar-refractivity contribution is 6.31.